The third kappa shape index (κ3) is 2.91. The minimum Gasteiger partial charge on any atom is -0.481 e. The molecule has 0 saturated heterocycles. The van der Waals surface area contributed by atoms with Gasteiger partial charge in [0.1, 0.15) is 0 Å². The van der Waals surface area contributed by atoms with Gasteiger partial charge in [-0.3, -0.25) is 0 Å². The zero-order valence-corrected chi connectivity index (χ0v) is 12.2. The lowest BCUT2D eigenvalue weighted by molar-refractivity contribution is 0.397. The number of para-hydroxylation sites is 1. The number of likely N-dealkylation sites (N-methyl/N-ethyl adjacent to an activating group) is 1. The third-order valence-electron chi connectivity index (χ3n) is 3.54. The van der Waals surface area contributed by atoms with Crippen LogP contribution in [0.2, 0.25) is 0 Å². The number of methoxy groups -OCH3 is 1. The zero-order chi connectivity index (χ0) is 14.5. The molecule has 1 aromatic carbocycles. The van der Waals surface area contributed by atoms with Crippen molar-refractivity contribution in [2.24, 2.45) is 5.73 Å². The van der Waals surface area contributed by atoms with Crippen LogP contribution in [-0.2, 0) is 0 Å². The number of ether oxygens (including phenoxy) is 1. The van der Waals surface area contributed by atoms with E-state index >= 15 is 0 Å². The van der Waals surface area contributed by atoms with Gasteiger partial charge in [0.25, 0.3) is 0 Å². The van der Waals surface area contributed by atoms with Crippen molar-refractivity contribution in [1.82, 2.24) is 4.98 Å². The minimum absolute atomic E-state index is 0.0921. The molecule has 106 valence electrons. The fourth-order valence-corrected chi connectivity index (χ4v) is 2.35. The first-order chi connectivity index (χ1) is 9.67. The smallest absolute Gasteiger partial charge is 0.212 e. The topological polar surface area (TPSA) is 51.4 Å². The standard InChI is InChI=1S/C16H21N3O/c1-12-6-4-5-7-14(12)19(2)15(10-17)13-8-9-16(20-3)18-11-13/h4-9,11,15H,10,17H2,1-3H3. The summed E-state index contributed by atoms with van der Waals surface area (Å²) in [5.41, 5.74) is 9.46. The lowest BCUT2D eigenvalue weighted by atomic mass is 10.1. The monoisotopic (exact) mass is 271 g/mol. The third-order valence-corrected chi connectivity index (χ3v) is 3.54. The second-order valence-corrected chi connectivity index (χ2v) is 4.78. The number of hydrogen-bond donors (Lipinski definition) is 1. The van der Waals surface area contributed by atoms with Gasteiger partial charge in [-0.05, 0) is 24.1 Å². The molecule has 0 amide bonds. The van der Waals surface area contributed by atoms with Crippen molar-refractivity contribution >= 4 is 5.69 Å². The molecule has 20 heavy (non-hydrogen) atoms. The average molecular weight is 271 g/mol. The van der Waals surface area contributed by atoms with Gasteiger partial charge in [0.05, 0.1) is 13.2 Å². The van der Waals surface area contributed by atoms with Crippen LogP contribution in [0.4, 0.5) is 5.69 Å². The van der Waals surface area contributed by atoms with Crippen LogP contribution in [0.25, 0.3) is 0 Å². The number of pyridine rings is 1. The zero-order valence-electron chi connectivity index (χ0n) is 12.2. The highest BCUT2D eigenvalue weighted by atomic mass is 16.5. The van der Waals surface area contributed by atoms with Crippen molar-refractivity contribution in [1.29, 1.82) is 0 Å². The van der Waals surface area contributed by atoms with Crippen LogP contribution in [0.15, 0.2) is 42.6 Å². The van der Waals surface area contributed by atoms with Gasteiger partial charge in [-0.1, -0.05) is 24.3 Å². The van der Waals surface area contributed by atoms with E-state index < -0.39 is 0 Å². The minimum atomic E-state index is 0.0921. The Morgan fingerprint density at radius 3 is 2.55 bits per heavy atom. The van der Waals surface area contributed by atoms with Gasteiger partial charge in [0.2, 0.25) is 5.88 Å². The van der Waals surface area contributed by atoms with Gasteiger partial charge in [-0.25, -0.2) is 4.98 Å². The first-order valence-electron chi connectivity index (χ1n) is 6.66. The highest BCUT2D eigenvalue weighted by Crippen LogP contribution is 2.27. The predicted octanol–water partition coefficient (Wildman–Crippen LogP) is 2.53. The molecule has 0 aliphatic heterocycles. The SMILES string of the molecule is COc1ccc(C(CN)N(C)c2ccccc2C)cn1. The Labute approximate surface area is 120 Å². The Morgan fingerprint density at radius 1 is 1.25 bits per heavy atom. The number of aryl methyl sites for hydroxylation is 1. The van der Waals surface area contributed by atoms with E-state index in [1.807, 2.05) is 30.5 Å². The van der Waals surface area contributed by atoms with Crippen LogP contribution in [0.1, 0.15) is 17.2 Å². The molecule has 2 rings (SSSR count). The quantitative estimate of drug-likeness (QED) is 0.908. The van der Waals surface area contributed by atoms with Crippen LogP contribution >= 0.6 is 0 Å². The second-order valence-electron chi connectivity index (χ2n) is 4.78. The van der Waals surface area contributed by atoms with E-state index in [-0.39, 0.29) is 6.04 Å². The van der Waals surface area contributed by atoms with E-state index in [1.54, 1.807) is 7.11 Å². The molecular weight excluding hydrogens is 250 g/mol. The number of nitrogens with zero attached hydrogens (tertiary/aromatic N) is 2. The highest BCUT2D eigenvalue weighted by Gasteiger charge is 2.17. The predicted molar refractivity (Wildman–Crippen MR) is 82.2 cm³/mol. The van der Waals surface area contributed by atoms with Crippen LogP contribution < -0.4 is 15.4 Å². The van der Waals surface area contributed by atoms with Crippen molar-refractivity contribution in [3.63, 3.8) is 0 Å². The molecule has 1 unspecified atom stereocenters. The van der Waals surface area contributed by atoms with E-state index in [0.29, 0.717) is 12.4 Å². The molecule has 4 nitrogen and oxygen atoms in total. The molecule has 0 spiro atoms. The summed E-state index contributed by atoms with van der Waals surface area (Å²) in [4.78, 5) is 6.45. The summed E-state index contributed by atoms with van der Waals surface area (Å²) in [5, 5.41) is 0. The molecule has 4 heteroatoms. The maximum Gasteiger partial charge on any atom is 0.212 e. The summed E-state index contributed by atoms with van der Waals surface area (Å²) >= 11 is 0. The van der Waals surface area contributed by atoms with E-state index in [1.165, 1.54) is 11.3 Å². The van der Waals surface area contributed by atoms with Crippen molar-refractivity contribution in [2.45, 2.75) is 13.0 Å². The number of rotatable bonds is 5. The molecule has 1 aromatic heterocycles. The fraction of sp³-hybridized carbons (Fsp3) is 0.312. The maximum atomic E-state index is 5.96. The van der Waals surface area contributed by atoms with Gasteiger partial charge in [-0.15, -0.1) is 0 Å². The molecule has 1 atom stereocenters. The van der Waals surface area contributed by atoms with Crippen molar-refractivity contribution in [3.8, 4) is 5.88 Å². The van der Waals surface area contributed by atoms with E-state index in [0.717, 1.165) is 5.56 Å². The molecule has 1 heterocycles. The molecule has 0 aliphatic carbocycles. The van der Waals surface area contributed by atoms with Crippen LogP contribution in [-0.4, -0.2) is 25.7 Å². The van der Waals surface area contributed by atoms with Crippen LogP contribution in [0.5, 0.6) is 5.88 Å². The summed E-state index contributed by atoms with van der Waals surface area (Å²) in [6, 6.07) is 12.3. The number of nitrogens with two attached hydrogens (primary N) is 1. The van der Waals surface area contributed by atoms with Gasteiger partial charge in [0, 0.05) is 31.5 Å². The molecule has 0 fully saturated rings. The highest BCUT2D eigenvalue weighted by molar-refractivity contribution is 5.54. The van der Waals surface area contributed by atoms with Gasteiger partial charge in [0.15, 0.2) is 0 Å². The first-order valence-corrected chi connectivity index (χ1v) is 6.66. The normalized spacial score (nSPS) is 12.0. The molecule has 2 aromatic rings. The Morgan fingerprint density at radius 2 is 2.00 bits per heavy atom. The maximum absolute atomic E-state index is 5.96. The second kappa shape index (κ2) is 6.39. The lowest BCUT2D eigenvalue weighted by Crippen LogP contribution is -2.31. The number of benzene rings is 1. The molecule has 0 bridgehead atoms. The summed E-state index contributed by atoms with van der Waals surface area (Å²) < 4.78 is 5.09. The van der Waals surface area contributed by atoms with Gasteiger partial charge >= 0.3 is 0 Å². The van der Waals surface area contributed by atoms with Crippen molar-refractivity contribution in [2.75, 3.05) is 25.6 Å². The Balaban J connectivity index is 2.29. The van der Waals surface area contributed by atoms with Gasteiger partial charge < -0.3 is 15.4 Å². The Kier molecular flexibility index (Phi) is 4.58. The largest absolute Gasteiger partial charge is 0.481 e. The van der Waals surface area contributed by atoms with Crippen molar-refractivity contribution < 1.29 is 4.74 Å². The van der Waals surface area contributed by atoms with E-state index in [9.17, 15) is 0 Å². The summed E-state index contributed by atoms with van der Waals surface area (Å²) in [7, 11) is 3.67. The van der Waals surface area contributed by atoms with E-state index in [2.05, 4.69) is 36.0 Å². The van der Waals surface area contributed by atoms with Crippen molar-refractivity contribution in [3.05, 3.63) is 53.7 Å². The first kappa shape index (κ1) is 14.3. The molecule has 2 N–H and O–H groups in total. The average Bonchev–Trinajstić information content (AvgIpc) is 2.49. The Hall–Kier alpha value is -2.07. The molecule has 0 aliphatic rings. The fourth-order valence-electron chi connectivity index (χ4n) is 2.35. The van der Waals surface area contributed by atoms with Gasteiger partial charge in [-0.2, -0.15) is 0 Å². The number of hydrogen-bond acceptors (Lipinski definition) is 4. The van der Waals surface area contributed by atoms with Crippen LogP contribution in [0, 0.1) is 6.92 Å². The molecular formula is C16H21N3O. The molecule has 0 radical (unpaired) electrons. The number of aromatic nitrogens is 1. The van der Waals surface area contributed by atoms with Crippen LogP contribution in [0.3, 0.4) is 0 Å². The lowest BCUT2D eigenvalue weighted by Gasteiger charge is -2.30. The number of anilines is 1. The van der Waals surface area contributed by atoms with E-state index in [4.69, 9.17) is 10.5 Å². The summed E-state index contributed by atoms with van der Waals surface area (Å²) in [6.45, 7) is 2.63. The summed E-state index contributed by atoms with van der Waals surface area (Å²) in [6.07, 6.45) is 1.82. The summed E-state index contributed by atoms with van der Waals surface area (Å²) in [5.74, 6) is 0.614. The Bertz CT molecular complexity index is 554. The molecule has 0 saturated carbocycles.